The lowest BCUT2D eigenvalue weighted by atomic mass is 9.97. The fourth-order valence-corrected chi connectivity index (χ4v) is 4.60. The number of anilines is 1. The van der Waals surface area contributed by atoms with Crippen molar-refractivity contribution >= 4 is 29.2 Å². The van der Waals surface area contributed by atoms with Crippen LogP contribution in [0, 0.1) is 5.92 Å². The summed E-state index contributed by atoms with van der Waals surface area (Å²) in [5.41, 5.74) is 0.835. The minimum atomic E-state index is -0.443. The van der Waals surface area contributed by atoms with Crippen molar-refractivity contribution in [2.75, 3.05) is 18.0 Å². The third-order valence-electron chi connectivity index (χ3n) is 5.97. The number of ketones is 1. The second kappa shape index (κ2) is 9.51. The molecule has 1 amide bonds. The van der Waals surface area contributed by atoms with E-state index in [9.17, 15) is 14.4 Å². The Morgan fingerprint density at radius 1 is 1.23 bits per heavy atom. The molecule has 8 nitrogen and oxygen atoms in total. The number of H-pyrrole nitrogens is 1. The zero-order valence-corrected chi connectivity index (χ0v) is 17.8. The van der Waals surface area contributed by atoms with E-state index in [1.807, 2.05) is 35.2 Å². The Balaban J connectivity index is 1.22. The van der Waals surface area contributed by atoms with Crippen LogP contribution in [0.15, 0.2) is 41.3 Å². The molecule has 9 heteroatoms. The Morgan fingerprint density at radius 2 is 2.03 bits per heavy atom. The van der Waals surface area contributed by atoms with Gasteiger partial charge in [-0.05, 0) is 25.2 Å². The van der Waals surface area contributed by atoms with Gasteiger partial charge in [-0.15, -0.1) is 0 Å². The molecule has 0 bridgehead atoms. The van der Waals surface area contributed by atoms with Crippen molar-refractivity contribution in [1.29, 1.82) is 0 Å². The number of amides is 1. The molecule has 3 atom stereocenters. The van der Waals surface area contributed by atoms with Crippen molar-refractivity contribution in [3.63, 3.8) is 0 Å². The molecule has 0 spiro atoms. The number of halogens is 1. The maximum absolute atomic E-state index is 12.4. The van der Waals surface area contributed by atoms with E-state index in [1.165, 1.54) is 6.20 Å². The van der Waals surface area contributed by atoms with Crippen molar-refractivity contribution in [2.45, 2.75) is 44.2 Å². The van der Waals surface area contributed by atoms with E-state index in [4.69, 9.17) is 16.3 Å². The summed E-state index contributed by atoms with van der Waals surface area (Å²) in [4.78, 5) is 38.3. The maximum Gasteiger partial charge on any atom is 0.407 e. The van der Waals surface area contributed by atoms with Gasteiger partial charge in [0.05, 0.1) is 18.4 Å². The lowest BCUT2D eigenvalue weighted by Crippen LogP contribution is -2.36. The molecule has 4 rings (SSSR count). The van der Waals surface area contributed by atoms with E-state index in [1.54, 1.807) is 0 Å². The van der Waals surface area contributed by atoms with Gasteiger partial charge in [-0.1, -0.05) is 41.9 Å². The lowest BCUT2D eigenvalue weighted by molar-refractivity contribution is 0.0961. The highest BCUT2D eigenvalue weighted by atomic mass is 35.5. The maximum atomic E-state index is 12.4. The number of alkyl carbamates (subject to hydrolysis) is 1. The molecule has 1 saturated heterocycles. The number of Topliss-reactive ketones (excluding diaryl/α,β-unsaturated/α-hetero) is 1. The highest BCUT2D eigenvalue weighted by Gasteiger charge is 2.31. The van der Waals surface area contributed by atoms with Crippen LogP contribution in [-0.4, -0.2) is 47.3 Å². The largest absolute Gasteiger partial charge is 0.444 e. The van der Waals surface area contributed by atoms with Gasteiger partial charge in [0.25, 0.3) is 5.56 Å². The van der Waals surface area contributed by atoms with Gasteiger partial charge in [0.2, 0.25) is 0 Å². The summed E-state index contributed by atoms with van der Waals surface area (Å²) in [5, 5.41) is 9.10. The smallest absolute Gasteiger partial charge is 0.407 e. The molecule has 2 heterocycles. The number of aromatic amines is 1. The average Bonchev–Trinajstić information content (AvgIpc) is 3.40. The third-order valence-corrected chi connectivity index (χ3v) is 6.33. The number of nitrogens with one attached hydrogen (secondary N) is 2. The molecule has 1 aromatic carbocycles. The van der Waals surface area contributed by atoms with Crippen LogP contribution < -0.4 is 15.8 Å². The summed E-state index contributed by atoms with van der Waals surface area (Å²) in [5.74, 6) is 0.415. The Labute approximate surface area is 184 Å². The molecular weight excluding hydrogens is 420 g/mol. The normalized spacial score (nSPS) is 23.0. The van der Waals surface area contributed by atoms with Crippen molar-refractivity contribution < 1.29 is 14.3 Å². The van der Waals surface area contributed by atoms with E-state index >= 15 is 0 Å². The number of carbonyl (C=O) groups is 2. The summed E-state index contributed by atoms with van der Waals surface area (Å²) in [6, 6.07) is 9.32. The second-order valence-electron chi connectivity index (χ2n) is 8.17. The first kappa shape index (κ1) is 21.4. The zero-order chi connectivity index (χ0) is 21.8. The van der Waals surface area contributed by atoms with Crippen LogP contribution in [0.1, 0.15) is 42.5 Å². The number of benzene rings is 1. The van der Waals surface area contributed by atoms with E-state index in [-0.39, 0.29) is 28.9 Å². The van der Waals surface area contributed by atoms with Crippen LogP contribution in [0.3, 0.4) is 0 Å². The van der Waals surface area contributed by atoms with Gasteiger partial charge in [0.15, 0.2) is 5.78 Å². The summed E-state index contributed by atoms with van der Waals surface area (Å²) in [6.45, 7) is 1.08. The fourth-order valence-electron chi connectivity index (χ4n) is 4.39. The fraction of sp³-hybridized carbons (Fsp3) is 0.455. The molecule has 1 aliphatic heterocycles. The van der Waals surface area contributed by atoms with Gasteiger partial charge < -0.3 is 15.0 Å². The average molecular weight is 445 g/mol. The first-order chi connectivity index (χ1) is 15.0. The van der Waals surface area contributed by atoms with Crippen molar-refractivity contribution in [3.8, 4) is 0 Å². The van der Waals surface area contributed by atoms with E-state index < -0.39 is 11.7 Å². The molecule has 2 aromatic rings. The number of aromatic nitrogens is 2. The van der Waals surface area contributed by atoms with Crippen molar-refractivity contribution in [3.05, 3.63) is 57.5 Å². The minimum absolute atomic E-state index is 0.0184. The Morgan fingerprint density at radius 3 is 2.84 bits per heavy atom. The van der Waals surface area contributed by atoms with Gasteiger partial charge >= 0.3 is 6.09 Å². The summed E-state index contributed by atoms with van der Waals surface area (Å²) in [6.07, 6.45) is 4.45. The number of hydrogen-bond acceptors (Lipinski definition) is 6. The predicted molar refractivity (Wildman–Crippen MR) is 117 cm³/mol. The molecule has 2 fully saturated rings. The topological polar surface area (TPSA) is 104 Å². The SMILES string of the molecule is O=C(N[C@@H]1CC[C@H](CC(=O)c2ccccc2)C1)O[C@@H]1CCN(c2cn[nH]c(=O)c2Cl)C1. The van der Waals surface area contributed by atoms with Gasteiger partial charge in [0.1, 0.15) is 11.1 Å². The third kappa shape index (κ3) is 5.25. The highest BCUT2D eigenvalue weighted by Crippen LogP contribution is 2.30. The monoisotopic (exact) mass is 444 g/mol. The van der Waals surface area contributed by atoms with Crippen molar-refractivity contribution in [1.82, 2.24) is 15.5 Å². The summed E-state index contributed by atoms with van der Waals surface area (Å²) in [7, 11) is 0. The number of rotatable bonds is 6. The number of nitrogens with zero attached hydrogens (tertiary/aromatic N) is 2. The molecular formula is C22H25ClN4O4. The molecule has 0 radical (unpaired) electrons. The quantitative estimate of drug-likeness (QED) is 0.663. The van der Waals surface area contributed by atoms with Gasteiger partial charge in [-0.3, -0.25) is 9.59 Å². The van der Waals surface area contributed by atoms with Crippen LogP contribution in [0.25, 0.3) is 0 Å². The van der Waals surface area contributed by atoms with Crippen LogP contribution in [0.4, 0.5) is 10.5 Å². The van der Waals surface area contributed by atoms with Gasteiger partial charge in [-0.2, -0.15) is 5.10 Å². The molecule has 31 heavy (non-hydrogen) atoms. The Bertz CT molecular complexity index is 997. The Hall–Kier alpha value is -2.87. The summed E-state index contributed by atoms with van der Waals surface area (Å²) < 4.78 is 5.57. The molecule has 2 N–H and O–H groups in total. The number of hydrogen-bond donors (Lipinski definition) is 2. The van der Waals surface area contributed by atoms with Crippen LogP contribution in [0.5, 0.6) is 0 Å². The van der Waals surface area contributed by atoms with Crippen LogP contribution >= 0.6 is 11.6 Å². The molecule has 1 aromatic heterocycles. The molecule has 2 aliphatic rings. The molecule has 1 saturated carbocycles. The van der Waals surface area contributed by atoms with Gasteiger partial charge in [0, 0.05) is 31.0 Å². The number of ether oxygens (including phenoxy) is 1. The first-order valence-electron chi connectivity index (χ1n) is 10.5. The lowest BCUT2D eigenvalue weighted by Gasteiger charge is -2.19. The molecule has 164 valence electrons. The molecule has 1 aliphatic carbocycles. The highest BCUT2D eigenvalue weighted by molar-refractivity contribution is 6.33. The zero-order valence-electron chi connectivity index (χ0n) is 17.1. The standard InChI is InChI=1S/C22H25ClN4O4/c23-20-18(12-24-26-21(20)29)27-9-8-17(13-27)31-22(30)25-16-7-6-14(10-16)11-19(28)15-4-2-1-3-5-15/h1-5,12,14,16-17H,6-11,13H2,(H,25,30)(H,26,29)/t14-,16+,17+/m0/s1. The summed E-state index contributed by atoms with van der Waals surface area (Å²) >= 11 is 6.06. The van der Waals surface area contributed by atoms with Gasteiger partial charge in [-0.25, -0.2) is 9.89 Å². The van der Waals surface area contributed by atoms with E-state index in [0.29, 0.717) is 31.6 Å². The van der Waals surface area contributed by atoms with E-state index in [2.05, 4.69) is 15.5 Å². The first-order valence-corrected chi connectivity index (χ1v) is 10.9. The number of carbonyl (C=O) groups excluding carboxylic acids is 2. The molecule has 0 unspecified atom stereocenters. The minimum Gasteiger partial charge on any atom is -0.444 e. The Kier molecular flexibility index (Phi) is 6.56. The van der Waals surface area contributed by atoms with Crippen LogP contribution in [0.2, 0.25) is 5.02 Å². The van der Waals surface area contributed by atoms with E-state index in [0.717, 1.165) is 24.8 Å². The van der Waals surface area contributed by atoms with Crippen molar-refractivity contribution in [2.24, 2.45) is 5.92 Å². The second-order valence-corrected chi connectivity index (χ2v) is 8.55. The predicted octanol–water partition coefficient (Wildman–Crippen LogP) is 3.17. The van der Waals surface area contributed by atoms with Crippen LogP contribution in [-0.2, 0) is 4.74 Å².